The molecule has 0 bridgehead atoms. The molecule has 3 aromatic rings. The van der Waals surface area contributed by atoms with Crippen molar-refractivity contribution in [2.45, 2.75) is 25.8 Å². The van der Waals surface area contributed by atoms with Gasteiger partial charge in [-0.15, -0.1) is 0 Å². The van der Waals surface area contributed by atoms with Gasteiger partial charge in [0.25, 0.3) is 0 Å². The molecule has 2 atom stereocenters. The van der Waals surface area contributed by atoms with E-state index in [9.17, 15) is 0 Å². The van der Waals surface area contributed by atoms with E-state index in [1.807, 2.05) is 42.7 Å². The molecule has 1 saturated heterocycles. The van der Waals surface area contributed by atoms with Crippen molar-refractivity contribution in [3.05, 3.63) is 66.3 Å². The summed E-state index contributed by atoms with van der Waals surface area (Å²) in [6.07, 6.45) is 6.04. The van der Waals surface area contributed by atoms with E-state index in [4.69, 9.17) is 4.52 Å². The van der Waals surface area contributed by atoms with E-state index in [1.165, 1.54) is 12.0 Å². The monoisotopic (exact) mass is 334 g/mol. The molecule has 2 aromatic heterocycles. The number of pyridine rings is 1. The Morgan fingerprint density at radius 1 is 1.16 bits per heavy atom. The zero-order valence-electron chi connectivity index (χ0n) is 14.4. The first-order valence-electron chi connectivity index (χ1n) is 8.81. The summed E-state index contributed by atoms with van der Waals surface area (Å²) in [7, 11) is 0. The van der Waals surface area contributed by atoms with Gasteiger partial charge in [0.05, 0.1) is 6.04 Å². The average molecular weight is 334 g/mol. The third kappa shape index (κ3) is 3.61. The quantitative estimate of drug-likeness (QED) is 0.711. The van der Waals surface area contributed by atoms with Gasteiger partial charge in [-0.2, -0.15) is 4.98 Å². The number of nitrogens with zero attached hydrogens (tertiary/aromatic N) is 4. The number of aromatic nitrogens is 3. The Kier molecular flexibility index (Phi) is 4.57. The Bertz CT molecular complexity index is 803. The minimum Gasteiger partial charge on any atom is -0.337 e. The van der Waals surface area contributed by atoms with Gasteiger partial charge in [0.2, 0.25) is 11.7 Å². The molecule has 1 aliphatic rings. The molecule has 0 spiro atoms. The number of rotatable bonds is 5. The molecule has 25 heavy (non-hydrogen) atoms. The third-order valence-corrected chi connectivity index (χ3v) is 4.97. The van der Waals surface area contributed by atoms with Gasteiger partial charge in [-0.1, -0.05) is 35.5 Å². The molecule has 0 aliphatic carbocycles. The fourth-order valence-electron chi connectivity index (χ4n) is 3.50. The first-order chi connectivity index (χ1) is 12.3. The fraction of sp³-hybridized carbons (Fsp3) is 0.350. The average Bonchev–Trinajstić information content (AvgIpc) is 3.33. The van der Waals surface area contributed by atoms with Crippen LogP contribution in [0.2, 0.25) is 0 Å². The zero-order valence-corrected chi connectivity index (χ0v) is 14.4. The first kappa shape index (κ1) is 16.0. The Morgan fingerprint density at radius 2 is 1.96 bits per heavy atom. The van der Waals surface area contributed by atoms with Crippen LogP contribution in [0.15, 0.2) is 59.4 Å². The molecule has 128 valence electrons. The van der Waals surface area contributed by atoms with Gasteiger partial charge >= 0.3 is 0 Å². The Hall–Kier alpha value is -2.53. The van der Waals surface area contributed by atoms with Crippen molar-refractivity contribution in [2.75, 3.05) is 13.1 Å². The molecule has 0 saturated carbocycles. The Morgan fingerprint density at radius 3 is 2.76 bits per heavy atom. The maximum absolute atomic E-state index is 5.54. The first-order valence-corrected chi connectivity index (χ1v) is 8.81. The molecule has 1 aliphatic heterocycles. The van der Waals surface area contributed by atoms with E-state index in [0.29, 0.717) is 17.6 Å². The molecule has 0 N–H and O–H groups in total. The lowest BCUT2D eigenvalue weighted by Crippen LogP contribution is -2.25. The van der Waals surface area contributed by atoms with Crippen LogP contribution in [0.25, 0.3) is 11.4 Å². The smallest absolute Gasteiger partial charge is 0.244 e. The zero-order chi connectivity index (χ0) is 17.1. The molecule has 0 amide bonds. The van der Waals surface area contributed by atoms with Crippen molar-refractivity contribution in [2.24, 2.45) is 5.92 Å². The summed E-state index contributed by atoms with van der Waals surface area (Å²) >= 11 is 0. The molecule has 0 unspecified atom stereocenters. The largest absolute Gasteiger partial charge is 0.337 e. The van der Waals surface area contributed by atoms with E-state index in [0.717, 1.165) is 25.1 Å². The molecular formula is C20H22N4O. The lowest BCUT2D eigenvalue weighted by molar-refractivity contribution is 0.203. The minimum atomic E-state index is 0.146. The highest BCUT2D eigenvalue weighted by Gasteiger charge is 2.29. The second-order valence-electron chi connectivity index (χ2n) is 6.71. The number of hydrogen-bond acceptors (Lipinski definition) is 5. The molecule has 5 heteroatoms. The number of likely N-dealkylation sites (tertiary alicyclic amines) is 1. The van der Waals surface area contributed by atoms with Gasteiger partial charge in [-0.05, 0) is 49.9 Å². The Labute approximate surface area is 147 Å². The van der Waals surface area contributed by atoms with Crippen molar-refractivity contribution in [3.63, 3.8) is 0 Å². The summed E-state index contributed by atoms with van der Waals surface area (Å²) in [4.78, 5) is 11.1. The third-order valence-electron chi connectivity index (χ3n) is 4.97. The minimum absolute atomic E-state index is 0.146. The SMILES string of the molecule is C[C@@H](c1nc(-c2ccccc2)no1)N1CC[C@@H](Cc2ccncc2)C1. The normalized spacial score (nSPS) is 19.2. The summed E-state index contributed by atoms with van der Waals surface area (Å²) in [5, 5.41) is 4.15. The van der Waals surface area contributed by atoms with E-state index in [-0.39, 0.29) is 6.04 Å². The fourth-order valence-corrected chi connectivity index (χ4v) is 3.50. The van der Waals surface area contributed by atoms with Crippen LogP contribution in [0.1, 0.15) is 30.8 Å². The van der Waals surface area contributed by atoms with Crippen molar-refractivity contribution in [1.82, 2.24) is 20.0 Å². The van der Waals surface area contributed by atoms with Crippen LogP contribution >= 0.6 is 0 Å². The van der Waals surface area contributed by atoms with Crippen LogP contribution in [0.5, 0.6) is 0 Å². The number of hydrogen-bond donors (Lipinski definition) is 0. The molecule has 4 rings (SSSR count). The van der Waals surface area contributed by atoms with E-state index in [1.54, 1.807) is 0 Å². The Balaban J connectivity index is 1.40. The molecule has 1 fully saturated rings. The predicted octanol–water partition coefficient (Wildman–Crippen LogP) is 3.76. The van der Waals surface area contributed by atoms with E-state index in [2.05, 4.69) is 39.1 Å². The van der Waals surface area contributed by atoms with Crippen molar-refractivity contribution >= 4 is 0 Å². The van der Waals surface area contributed by atoms with Gasteiger partial charge in [-0.25, -0.2) is 0 Å². The van der Waals surface area contributed by atoms with Crippen molar-refractivity contribution < 1.29 is 4.52 Å². The van der Waals surface area contributed by atoms with Gasteiger partial charge in [0.15, 0.2) is 0 Å². The molecular weight excluding hydrogens is 312 g/mol. The summed E-state index contributed by atoms with van der Waals surface area (Å²) < 4.78 is 5.54. The summed E-state index contributed by atoms with van der Waals surface area (Å²) in [5.41, 5.74) is 2.35. The molecule has 5 nitrogen and oxygen atoms in total. The van der Waals surface area contributed by atoms with Crippen LogP contribution in [-0.2, 0) is 6.42 Å². The topological polar surface area (TPSA) is 55.1 Å². The van der Waals surface area contributed by atoms with Crippen LogP contribution < -0.4 is 0 Å². The van der Waals surface area contributed by atoms with Crippen molar-refractivity contribution in [1.29, 1.82) is 0 Å². The van der Waals surface area contributed by atoms with E-state index >= 15 is 0 Å². The highest BCUT2D eigenvalue weighted by Crippen LogP contribution is 2.29. The summed E-state index contributed by atoms with van der Waals surface area (Å²) in [5.74, 6) is 2.03. The van der Waals surface area contributed by atoms with Gasteiger partial charge in [0.1, 0.15) is 0 Å². The predicted molar refractivity (Wildman–Crippen MR) is 95.8 cm³/mol. The lowest BCUT2D eigenvalue weighted by atomic mass is 10.00. The molecule has 0 radical (unpaired) electrons. The van der Waals surface area contributed by atoms with Crippen LogP contribution in [0.3, 0.4) is 0 Å². The van der Waals surface area contributed by atoms with Gasteiger partial charge in [-0.3, -0.25) is 9.88 Å². The van der Waals surface area contributed by atoms with Gasteiger partial charge in [0, 0.05) is 24.5 Å². The van der Waals surface area contributed by atoms with Crippen LogP contribution in [0.4, 0.5) is 0 Å². The maximum atomic E-state index is 5.54. The molecule has 1 aromatic carbocycles. The number of benzene rings is 1. The van der Waals surface area contributed by atoms with Gasteiger partial charge < -0.3 is 4.52 Å². The van der Waals surface area contributed by atoms with Crippen LogP contribution in [0, 0.1) is 5.92 Å². The summed E-state index contributed by atoms with van der Waals surface area (Å²) in [6, 6.07) is 14.3. The lowest BCUT2D eigenvalue weighted by Gasteiger charge is -2.21. The standard InChI is InChI=1S/C20H22N4O/c1-15(20-22-19(23-25-20)18-5-3-2-4-6-18)24-12-9-17(14-24)13-16-7-10-21-11-8-16/h2-8,10-11,15,17H,9,12-14H2,1H3/t15-,17-/m0/s1. The second-order valence-corrected chi connectivity index (χ2v) is 6.71. The highest BCUT2D eigenvalue weighted by molar-refractivity contribution is 5.53. The highest BCUT2D eigenvalue weighted by atomic mass is 16.5. The van der Waals surface area contributed by atoms with Crippen molar-refractivity contribution in [3.8, 4) is 11.4 Å². The van der Waals surface area contributed by atoms with E-state index < -0.39 is 0 Å². The maximum Gasteiger partial charge on any atom is 0.244 e. The van der Waals surface area contributed by atoms with Crippen LogP contribution in [-0.4, -0.2) is 33.1 Å². The summed E-state index contributed by atoms with van der Waals surface area (Å²) in [6.45, 7) is 4.28. The second kappa shape index (κ2) is 7.15. The molecule has 3 heterocycles.